The Labute approximate surface area is 111 Å². The molecule has 19 heavy (non-hydrogen) atoms. The Morgan fingerprint density at radius 3 is 2.58 bits per heavy atom. The predicted molar refractivity (Wildman–Crippen MR) is 68.7 cm³/mol. The van der Waals surface area contributed by atoms with Crippen molar-refractivity contribution in [2.24, 2.45) is 0 Å². The van der Waals surface area contributed by atoms with Crippen LogP contribution in [0.1, 0.15) is 18.1 Å². The Morgan fingerprint density at radius 1 is 1.42 bits per heavy atom. The van der Waals surface area contributed by atoms with Gasteiger partial charge in [0.15, 0.2) is 0 Å². The van der Waals surface area contributed by atoms with Crippen LogP contribution in [0, 0.1) is 11.3 Å². The van der Waals surface area contributed by atoms with E-state index >= 15 is 0 Å². The van der Waals surface area contributed by atoms with E-state index in [0.717, 1.165) is 4.31 Å². The Hall–Kier alpha value is -1.91. The Kier molecular flexibility index (Phi) is 5.03. The zero-order valence-electron chi connectivity index (χ0n) is 10.4. The Balaban J connectivity index is 3.02. The maximum Gasteiger partial charge on any atom is 0.318 e. The van der Waals surface area contributed by atoms with Crippen LogP contribution in [0.4, 0.5) is 0 Å². The number of carboxylic acid groups (broad SMARTS) is 1. The molecule has 0 atom stereocenters. The van der Waals surface area contributed by atoms with E-state index in [2.05, 4.69) is 0 Å². The van der Waals surface area contributed by atoms with E-state index in [-0.39, 0.29) is 17.9 Å². The molecule has 1 aromatic rings. The summed E-state index contributed by atoms with van der Waals surface area (Å²) in [5, 5.41) is 17.6. The molecule has 0 aliphatic rings. The van der Waals surface area contributed by atoms with Gasteiger partial charge in [-0.15, -0.1) is 0 Å². The van der Waals surface area contributed by atoms with Crippen LogP contribution in [0.3, 0.4) is 0 Å². The standard InChI is InChI=1S/C12H14N2O4S/c1-2-14(8-12(15)16)19(17,18)9-11-6-4-3-5-10(11)7-13/h3-6H,2,8-9H2,1H3,(H,15,16). The molecule has 0 saturated carbocycles. The molecule has 0 aliphatic heterocycles. The molecule has 1 rings (SSSR count). The number of carbonyl (C=O) groups is 1. The molecule has 0 heterocycles. The first kappa shape index (κ1) is 15.1. The summed E-state index contributed by atoms with van der Waals surface area (Å²) in [7, 11) is -3.75. The number of rotatable bonds is 6. The lowest BCUT2D eigenvalue weighted by Gasteiger charge is -2.18. The van der Waals surface area contributed by atoms with Gasteiger partial charge >= 0.3 is 5.97 Å². The fraction of sp³-hybridized carbons (Fsp3) is 0.333. The van der Waals surface area contributed by atoms with Crippen LogP contribution in [0.2, 0.25) is 0 Å². The molecule has 0 bridgehead atoms. The predicted octanol–water partition coefficient (Wildman–Crippen LogP) is 0.795. The van der Waals surface area contributed by atoms with Gasteiger partial charge in [0, 0.05) is 6.54 Å². The second-order valence-corrected chi connectivity index (χ2v) is 5.81. The number of hydrogen-bond donors (Lipinski definition) is 1. The van der Waals surface area contributed by atoms with Crippen molar-refractivity contribution in [1.29, 1.82) is 5.26 Å². The summed E-state index contributed by atoms with van der Waals surface area (Å²) in [5.74, 6) is -1.59. The maximum absolute atomic E-state index is 12.1. The summed E-state index contributed by atoms with van der Waals surface area (Å²) >= 11 is 0. The van der Waals surface area contributed by atoms with Gasteiger partial charge in [-0.25, -0.2) is 8.42 Å². The van der Waals surface area contributed by atoms with Gasteiger partial charge in [-0.2, -0.15) is 9.57 Å². The van der Waals surface area contributed by atoms with Gasteiger partial charge in [0.25, 0.3) is 0 Å². The summed E-state index contributed by atoms with van der Waals surface area (Å²) in [6.45, 7) is 1.06. The summed E-state index contributed by atoms with van der Waals surface area (Å²) < 4.78 is 25.1. The largest absolute Gasteiger partial charge is 0.480 e. The summed E-state index contributed by atoms with van der Waals surface area (Å²) in [4.78, 5) is 10.6. The zero-order valence-corrected chi connectivity index (χ0v) is 11.2. The molecular weight excluding hydrogens is 268 g/mol. The maximum atomic E-state index is 12.1. The van der Waals surface area contributed by atoms with Crippen LogP contribution >= 0.6 is 0 Å². The minimum atomic E-state index is -3.75. The highest BCUT2D eigenvalue weighted by atomic mass is 32.2. The normalized spacial score (nSPS) is 11.2. The van der Waals surface area contributed by atoms with Crippen LogP contribution in [-0.2, 0) is 20.6 Å². The lowest BCUT2D eigenvalue weighted by molar-refractivity contribution is -0.137. The SMILES string of the molecule is CCN(CC(=O)O)S(=O)(=O)Cc1ccccc1C#N. The highest BCUT2D eigenvalue weighted by Gasteiger charge is 2.24. The topological polar surface area (TPSA) is 98.5 Å². The summed E-state index contributed by atoms with van der Waals surface area (Å²) in [6.07, 6.45) is 0. The van der Waals surface area contributed by atoms with Crippen molar-refractivity contribution >= 4 is 16.0 Å². The van der Waals surface area contributed by atoms with E-state index < -0.39 is 22.5 Å². The fourth-order valence-electron chi connectivity index (χ4n) is 1.60. The number of nitrogens with zero attached hydrogens (tertiary/aromatic N) is 2. The summed E-state index contributed by atoms with van der Waals surface area (Å²) in [5.41, 5.74) is 0.645. The minimum Gasteiger partial charge on any atom is -0.480 e. The number of carboxylic acids is 1. The molecule has 1 N–H and O–H groups in total. The van der Waals surface area contributed by atoms with Crippen molar-refractivity contribution in [2.75, 3.05) is 13.1 Å². The summed E-state index contributed by atoms with van der Waals surface area (Å²) in [6, 6.07) is 8.27. The smallest absolute Gasteiger partial charge is 0.318 e. The third-order valence-corrected chi connectivity index (χ3v) is 4.38. The lowest BCUT2D eigenvalue weighted by Crippen LogP contribution is -2.36. The van der Waals surface area contributed by atoms with Crippen LogP contribution < -0.4 is 0 Å². The molecule has 0 unspecified atom stereocenters. The van der Waals surface area contributed by atoms with E-state index in [1.165, 1.54) is 6.07 Å². The molecule has 7 heteroatoms. The average Bonchev–Trinajstić information content (AvgIpc) is 2.35. The molecule has 0 aliphatic carbocycles. The molecule has 0 aromatic heterocycles. The monoisotopic (exact) mass is 282 g/mol. The fourth-order valence-corrected chi connectivity index (χ4v) is 3.13. The van der Waals surface area contributed by atoms with Gasteiger partial charge < -0.3 is 5.11 Å². The van der Waals surface area contributed by atoms with Crippen LogP contribution in [-0.4, -0.2) is 36.9 Å². The molecule has 6 nitrogen and oxygen atoms in total. The van der Waals surface area contributed by atoms with Crippen molar-refractivity contribution in [2.45, 2.75) is 12.7 Å². The van der Waals surface area contributed by atoms with Crippen molar-refractivity contribution < 1.29 is 18.3 Å². The highest BCUT2D eigenvalue weighted by molar-refractivity contribution is 7.88. The van der Waals surface area contributed by atoms with E-state index in [0.29, 0.717) is 5.56 Å². The molecular formula is C12H14N2O4S. The number of nitriles is 1. The molecule has 102 valence electrons. The van der Waals surface area contributed by atoms with Crippen LogP contribution in [0.15, 0.2) is 24.3 Å². The first-order valence-electron chi connectivity index (χ1n) is 5.58. The van der Waals surface area contributed by atoms with Gasteiger partial charge in [-0.3, -0.25) is 4.79 Å². The lowest BCUT2D eigenvalue weighted by atomic mass is 10.1. The van der Waals surface area contributed by atoms with Gasteiger partial charge in [-0.1, -0.05) is 25.1 Å². The minimum absolute atomic E-state index is 0.0728. The number of hydrogen-bond acceptors (Lipinski definition) is 4. The van der Waals surface area contributed by atoms with Crippen LogP contribution in [0.5, 0.6) is 0 Å². The van der Waals surface area contributed by atoms with E-state index in [9.17, 15) is 13.2 Å². The van der Waals surface area contributed by atoms with Crippen molar-refractivity contribution in [1.82, 2.24) is 4.31 Å². The Bertz CT molecular complexity index is 604. The van der Waals surface area contributed by atoms with Crippen LogP contribution in [0.25, 0.3) is 0 Å². The average molecular weight is 282 g/mol. The second kappa shape index (κ2) is 6.31. The van der Waals surface area contributed by atoms with Gasteiger partial charge in [-0.05, 0) is 11.6 Å². The van der Waals surface area contributed by atoms with E-state index in [1.807, 2.05) is 6.07 Å². The van der Waals surface area contributed by atoms with Gasteiger partial charge in [0.1, 0.15) is 6.54 Å². The van der Waals surface area contributed by atoms with Gasteiger partial charge in [0.2, 0.25) is 10.0 Å². The first-order valence-corrected chi connectivity index (χ1v) is 7.19. The van der Waals surface area contributed by atoms with E-state index in [1.54, 1.807) is 25.1 Å². The second-order valence-electron chi connectivity index (χ2n) is 3.85. The van der Waals surface area contributed by atoms with Crippen molar-refractivity contribution in [3.63, 3.8) is 0 Å². The van der Waals surface area contributed by atoms with Crippen molar-refractivity contribution in [3.05, 3.63) is 35.4 Å². The number of likely N-dealkylation sites (N-methyl/N-ethyl adjacent to an activating group) is 1. The molecule has 0 saturated heterocycles. The first-order chi connectivity index (χ1) is 8.90. The third kappa shape index (κ3) is 4.05. The number of benzene rings is 1. The highest BCUT2D eigenvalue weighted by Crippen LogP contribution is 2.14. The van der Waals surface area contributed by atoms with Crippen molar-refractivity contribution in [3.8, 4) is 6.07 Å². The Morgan fingerprint density at radius 2 is 2.05 bits per heavy atom. The quantitative estimate of drug-likeness (QED) is 0.831. The number of aliphatic carboxylic acids is 1. The van der Waals surface area contributed by atoms with Gasteiger partial charge in [0.05, 0.1) is 17.4 Å². The molecule has 1 aromatic carbocycles. The molecule has 0 spiro atoms. The number of sulfonamides is 1. The molecule has 0 amide bonds. The van der Waals surface area contributed by atoms with E-state index in [4.69, 9.17) is 10.4 Å². The zero-order chi connectivity index (χ0) is 14.5. The molecule has 0 fully saturated rings. The molecule has 0 radical (unpaired) electrons. The third-order valence-electron chi connectivity index (χ3n) is 2.53.